The van der Waals surface area contributed by atoms with E-state index < -0.39 is 0 Å². The average molecular weight is 227 g/mol. The van der Waals surface area contributed by atoms with Gasteiger partial charge in [0.05, 0.1) is 5.60 Å². The Morgan fingerprint density at radius 2 is 1.81 bits per heavy atom. The summed E-state index contributed by atoms with van der Waals surface area (Å²) in [5.41, 5.74) is -0.363. The lowest BCUT2D eigenvalue weighted by Crippen LogP contribution is -2.45. The van der Waals surface area contributed by atoms with Gasteiger partial charge in [0.2, 0.25) is 0 Å². The van der Waals surface area contributed by atoms with Gasteiger partial charge in [-0.15, -0.1) is 0 Å². The average Bonchev–Trinajstić information content (AvgIpc) is 2.31. The topological polar surface area (TPSA) is 32.3 Å². The van der Waals surface area contributed by atoms with Crippen molar-refractivity contribution in [2.75, 3.05) is 0 Å². The molecule has 2 unspecified atom stereocenters. The minimum absolute atomic E-state index is 0.363. The Kier molecular flexibility index (Phi) is 5.26. The molecule has 96 valence electrons. The molecule has 0 bridgehead atoms. The van der Waals surface area contributed by atoms with Crippen molar-refractivity contribution in [3.63, 3.8) is 0 Å². The van der Waals surface area contributed by atoms with Crippen LogP contribution in [-0.2, 0) is 0 Å². The zero-order valence-corrected chi connectivity index (χ0v) is 11.4. The van der Waals surface area contributed by atoms with Gasteiger partial charge >= 0.3 is 0 Å². The highest BCUT2D eigenvalue weighted by molar-refractivity contribution is 4.88. The van der Waals surface area contributed by atoms with Crippen molar-refractivity contribution in [3.8, 4) is 0 Å². The fourth-order valence-corrected chi connectivity index (χ4v) is 2.56. The van der Waals surface area contributed by atoms with E-state index in [1.54, 1.807) is 0 Å². The number of aliphatic hydroxyl groups is 1. The van der Waals surface area contributed by atoms with Crippen LogP contribution >= 0.6 is 0 Å². The Labute approximate surface area is 101 Å². The van der Waals surface area contributed by atoms with Crippen LogP contribution in [0.3, 0.4) is 0 Å². The summed E-state index contributed by atoms with van der Waals surface area (Å²) >= 11 is 0. The van der Waals surface area contributed by atoms with Gasteiger partial charge < -0.3 is 10.4 Å². The van der Waals surface area contributed by atoms with E-state index in [-0.39, 0.29) is 5.60 Å². The second kappa shape index (κ2) is 6.02. The van der Waals surface area contributed by atoms with Crippen LogP contribution in [0.4, 0.5) is 0 Å². The minimum atomic E-state index is -0.363. The predicted molar refractivity (Wildman–Crippen MR) is 69.5 cm³/mol. The molecule has 0 aromatic rings. The van der Waals surface area contributed by atoms with Crippen LogP contribution in [0.25, 0.3) is 0 Å². The Bertz CT molecular complexity index is 197. The second-order valence-electron chi connectivity index (χ2n) is 5.69. The highest BCUT2D eigenvalue weighted by Crippen LogP contribution is 2.31. The van der Waals surface area contributed by atoms with Crippen LogP contribution in [-0.4, -0.2) is 22.8 Å². The molecular formula is C14H29NO. The van der Waals surface area contributed by atoms with Gasteiger partial charge in [-0.1, -0.05) is 27.2 Å². The van der Waals surface area contributed by atoms with E-state index in [0.29, 0.717) is 12.1 Å². The monoisotopic (exact) mass is 227 g/mol. The summed E-state index contributed by atoms with van der Waals surface area (Å²) in [5, 5.41) is 13.9. The normalized spacial score (nSPS) is 34.7. The number of nitrogens with one attached hydrogen (secondary N) is 1. The summed E-state index contributed by atoms with van der Waals surface area (Å²) in [4.78, 5) is 0. The van der Waals surface area contributed by atoms with Crippen molar-refractivity contribution in [1.82, 2.24) is 5.32 Å². The van der Waals surface area contributed by atoms with Gasteiger partial charge in [0.1, 0.15) is 0 Å². The van der Waals surface area contributed by atoms with Crippen molar-refractivity contribution < 1.29 is 5.11 Å². The second-order valence-corrected chi connectivity index (χ2v) is 5.69. The van der Waals surface area contributed by atoms with E-state index >= 15 is 0 Å². The van der Waals surface area contributed by atoms with Crippen LogP contribution in [0.2, 0.25) is 0 Å². The molecule has 0 saturated heterocycles. The first-order valence-corrected chi connectivity index (χ1v) is 6.99. The van der Waals surface area contributed by atoms with Gasteiger partial charge in [-0.05, 0) is 44.9 Å². The third-order valence-electron chi connectivity index (χ3n) is 4.57. The molecule has 16 heavy (non-hydrogen) atoms. The van der Waals surface area contributed by atoms with Crippen molar-refractivity contribution >= 4 is 0 Å². The largest absolute Gasteiger partial charge is 0.390 e. The van der Waals surface area contributed by atoms with Gasteiger partial charge in [0.25, 0.3) is 0 Å². The maximum absolute atomic E-state index is 10.2. The van der Waals surface area contributed by atoms with Crippen LogP contribution in [0, 0.1) is 5.92 Å². The van der Waals surface area contributed by atoms with Crippen molar-refractivity contribution in [2.45, 2.75) is 83.9 Å². The first kappa shape index (κ1) is 14.0. The molecule has 1 rings (SSSR count). The van der Waals surface area contributed by atoms with E-state index in [4.69, 9.17) is 0 Å². The molecule has 2 N–H and O–H groups in total. The summed E-state index contributed by atoms with van der Waals surface area (Å²) < 4.78 is 0. The Hall–Kier alpha value is -0.0800. The lowest BCUT2D eigenvalue weighted by atomic mass is 9.80. The SMILES string of the molecule is CCC(C)C(C)NC1CCC(O)(CC)CC1. The quantitative estimate of drug-likeness (QED) is 0.756. The maximum Gasteiger partial charge on any atom is 0.0646 e. The molecular weight excluding hydrogens is 198 g/mol. The summed E-state index contributed by atoms with van der Waals surface area (Å²) in [7, 11) is 0. The first-order chi connectivity index (χ1) is 7.50. The van der Waals surface area contributed by atoms with E-state index in [1.807, 2.05) is 0 Å². The molecule has 0 spiro atoms. The Balaban J connectivity index is 2.32. The van der Waals surface area contributed by atoms with Crippen LogP contribution < -0.4 is 5.32 Å². The third kappa shape index (κ3) is 3.74. The zero-order valence-electron chi connectivity index (χ0n) is 11.4. The molecule has 2 heteroatoms. The lowest BCUT2D eigenvalue weighted by Gasteiger charge is -2.37. The number of hydrogen-bond donors (Lipinski definition) is 2. The fraction of sp³-hybridized carbons (Fsp3) is 1.00. The molecule has 0 aliphatic heterocycles. The molecule has 1 fully saturated rings. The number of hydrogen-bond acceptors (Lipinski definition) is 2. The highest BCUT2D eigenvalue weighted by Gasteiger charge is 2.31. The van der Waals surface area contributed by atoms with Crippen molar-refractivity contribution in [3.05, 3.63) is 0 Å². The molecule has 1 aliphatic carbocycles. The third-order valence-corrected chi connectivity index (χ3v) is 4.57. The van der Waals surface area contributed by atoms with Crippen molar-refractivity contribution in [2.24, 2.45) is 5.92 Å². The fourth-order valence-electron chi connectivity index (χ4n) is 2.56. The van der Waals surface area contributed by atoms with Gasteiger partial charge in [-0.2, -0.15) is 0 Å². The van der Waals surface area contributed by atoms with Gasteiger partial charge in [-0.25, -0.2) is 0 Å². The summed E-state index contributed by atoms with van der Waals surface area (Å²) in [6.07, 6.45) is 6.33. The Morgan fingerprint density at radius 3 is 2.25 bits per heavy atom. The van der Waals surface area contributed by atoms with E-state index in [9.17, 15) is 5.11 Å². The molecule has 1 saturated carbocycles. The van der Waals surface area contributed by atoms with E-state index in [2.05, 4.69) is 33.0 Å². The van der Waals surface area contributed by atoms with E-state index in [0.717, 1.165) is 38.0 Å². The standard InChI is InChI=1S/C14H29NO/c1-5-11(3)12(4)15-13-7-9-14(16,6-2)10-8-13/h11-13,15-16H,5-10H2,1-4H3. The molecule has 0 amide bonds. The lowest BCUT2D eigenvalue weighted by molar-refractivity contribution is -0.00819. The Morgan fingerprint density at radius 1 is 1.25 bits per heavy atom. The number of rotatable bonds is 5. The molecule has 0 heterocycles. The van der Waals surface area contributed by atoms with E-state index in [1.165, 1.54) is 6.42 Å². The van der Waals surface area contributed by atoms with Crippen LogP contribution in [0.15, 0.2) is 0 Å². The van der Waals surface area contributed by atoms with Gasteiger partial charge in [0.15, 0.2) is 0 Å². The molecule has 2 nitrogen and oxygen atoms in total. The summed E-state index contributed by atoms with van der Waals surface area (Å²) in [6.45, 7) is 8.94. The zero-order chi connectivity index (χ0) is 12.2. The molecule has 0 radical (unpaired) electrons. The predicted octanol–water partition coefficient (Wildman–Crippen LogP) is 3.09. The highest BCUT2D eigenvalue weighted by atomic mass is 16.3. The minimum Gasteiger partial charge on any atom is -0.390 e. The maximum atomic E-state index is 10.2. The molecule has 0 aromatic heterocycles. The smallest absolute Gasteiger partial charge is 0.0646 e. The summed E-state index contributed by atoms with van der Waals surface area (Å²) in [5.74, 6) is 0.743. The molecule has 2 atom stereocenters. The van der Waals surface area contributed by atoms with Crippen molar-refractivity contribution in [1.29, 1.82) is 0 Å². The van der Waals surface area contributed by atoms with Crippen LogP contribution in [0.5, 0.6) is 0 Å². The first-order valence-electron chi connectivity index (χ1n) is 6.99. The van der Waals surface area contributed by atoms with Gasteiger partial charge in [0, 0.05) is 12.1 Å². The van der Waals surface area contributed by atoms with Crippen LogP contribution in [0.1, 0.15) is 66.2 Å². The summed E-state index contributed by atoms with van der Waals surface area (Å²) in [6, 6.07) is 1.22. The molecule has 1 aliphatic rings. The van der Waals surface area contributed by atoms with Gasteiger partial charge in [-0.3, -0.25) is 0 Å². The molecule has 0 aromatic carbocycles.